The van der Waals surface area contributed by atoms with Crippen LogP contribution in [-0.2, 0) is 4.79 Å². The van der Waals surface area contributed by atoms with E-state index in [1.165, 1.54) is 0 Å². The fourth-order valence-corrected chi connectivity index (χ4v) is 3.74. The zero-order valence-electron chi connectivity index (χ0n) is 11.7. The molecular formula is C14H17N5OS. The molecule has 0 unspecified atom stereocenters. The van der Waals surface area contributed by atoms with Crippen molar-refractivity contribution < 1.29 is 4.79 Å². The molecule has 7 heteroatoms. The number of hydrogen-bond acceptors (Lipinski definition) is 5. The van der Waals surface area contributed by atoms with Crippen molar-refractivity contribution >= 4 is 29.1 Å². The van der Waals surface area contributed by atoms with Gasteiger partial charge in [0.1, 0.15) is 5.82 Å². The monoisotopic (exact) mass is 303 g/mol. The second-order valence-corrected chi connectivity index (χ2v) is 6.69. The Morgan fingerprint density at radius 1 is 1.24 bits per heavy atom. The summed E-state index contributed by atoms with van der Waals surface area (Å²) in [6.07, 6.45) is 3.58. The van der Waals surface area contributed by atoms with Gasteiger partial charge in [-0.2, -0.15) is 11.8 Å². The van der Waals surface area contributed by atoms with Crippen LogP contribution in [0.4, 0.5) is 5.82 Å². The van der Waals surface area contributed by atoms with Gasteiger partial charge in [-0.25, -0.2) is 9.50 Å². The molecule has 4 rings (SSSR count). The summed E-state index contributed by atoms with van der Waals surface area (Å²) in [5.74, 6) is 3.50. The summed E-state index contributed by atoms with van der Waals surface area (Å²) in [7, 11) is 0. The number of nitrogens with zero attached hydrogens (tertiary/aromatic N) is 5. The van der Waals surface area contributed by atoms with Crippen LogP contribution in [0.5, 0.6) is 0 Å². The van der Waals surface area contributed by atoms with Crippen molar-refractivity contribution in [2.24, 2.45) is 5.92 Å². The molecule has 2 fully saturated rings. The lowest BCUT2D eigenvalue weighted by Crippen LogP contribution is -2.56. The molecule has 0 saturated carbocycles. The molecule has 0 atom stereocenters. The number of rotatable bonds is 2. The molecule has 0 radical (unpaired) electrons. The highest BCUT2D eigenvalue weighted by molar-refractivity contribution is 7.99. The van der Waals surface area contributed by atoms with Crippen molar-refractivity contribution in [1.29, 1.82) is 0 Å². The average molecular weight is 303 g/mol. The number of aromatic nitrogens is 3. The number of anilines is 1. The molecule has 2 saturated heterocycles. The van der Waals surface area contributed by atoms with Crippen LogP contribution < -0.4 is 4.90 Å². The van der Waals surface area contributed by atoms with Gasteiger partial charge in [-0.05, 0) is 12.1 Å². The molecule has 0 spiro atoms. The molecule has 1 amide bonds. The van der Waals surface area contributed by atoms with Gasteiger partial charge in [0.25, 0.3) is 0 Å². The maximum absolute atomic E-state index is 12.4. The van der Waals surface area contributed by atoms with Gasteiger partial charge in [0.05, 0.1) is 5.92 Å². The molecule has 2 aromatic heterocycles. The van der Waals surface area contributed by atoms with E-state index in [0.29, 0.717) is 5.91 Å². The van der Waals surface area contributed by atoms with Gasteiger partial charge in [0, 0.05) is 50.1 Å². The third-order valence-corrected chi connectivity index (χ3v) is 5.06. The van der Waals surface area contributed by atoms with Gasteiger partial charge in [0.2, 0.25) is 5.91 Å². The van der Waals surface area contributed by atoms with Gasteiger partial charge >= 0.3 is 0 Å². The summed E-state index contributed by atoms with van der Waals surface area (Å²) in [6, 6.07) is 3.93. The Kier molecular flexibility index (Phi) is 3.21. The summed E-state index contributed by atoms with van der Waals surface area (Å²) in [5.41, 5.74) is 0.845. The van der Waals surface area contributed by atoms with Crippen LogP contribution in [0, 0.1) is 5.92 Å². The van der Waals surface area contributed by atoms with E-state index in [0.717, 1.165) is 49.1 Å². The molecule has 2 aliphatic rings. The van der Waals surface area contributed by atoms with Crippen molar-refractivity contribution in [2.75, 3.05) is 42.6 Å². The van der Waals surface area contributed by atoms with Gasteiger partial charge in [-0.15, -0.1) is 5.10 Å². The van der Waals surface area contributed by atoms with Crippen LogP contribution in [0.1, 0.15) is 0 Å². The highest BCUT2D eigenvalue weighted by Crippen LogP contribution is 2.25. The molecule has 2 aromatic rings. The minimum Gasteiger partial charge on any atom is -0.353 e. The zero-order chi connectivity index (χ0) is 14.2. The van der Waals surface area contributed by atoms with Crippen molar-refractivity contribution in [2.45, 2.75) is 0 Å². The van der Waals surface area contributed by atoms with E-state index < -0.39 is 0 Å². The maximum atomic E-state index is 12.4. The molecule has 4 heterocycles. The molecule has 110 valence electrons. The number of fused-ring (bicyclic) bond motifs is 1. The Balaban J connectivity index is 1.40. The number of thioether (sulfide) groups is 1. The highest BCUT2D eigenvalue weighted by Gasteiger charge is 2.36. The first-order valence-corrected chi connectivity index (χ1v) is 8.38. The normalized spacial score (nSPS) is 19.8. The van der Waals surface area contributed by atoms with Crippen LogP contribution in [0.2, 0.25) is 0 Å². The zero-order valence-corrected chi connectivity index (χ0v) is 12.5. The van der Waals surface area contributed by atoms with E-state index in [-0.39, 0.29) is 5.92 Å². The van der Waals surface area contributed by atoms with E-state index in [1.807, 2.05) is 35.0 Å². The SMILES string of the molecule is O=C(C1CN(c2ccc3nccn3n2)C1)N1CCSCC1. The second kappa shape index (κ2) is 5.22. The molecule has 0 aliphatic carbocycles. The summed E-state index contributed by atoms with van der Waals surface area (Å²) < 4.78 is 1.77. The quantitative estimate of drug-likeness (QED) is 0.819. The van der Waals surface area contributed by atoms with Crippen molar-refractivity contribution in [3.05, 3.63) is 24.5 Å². The Hall–Kier alpha value is -1.76. The largest absolute Gasteiger partial charge is 0.353 e. The van der Waals surface area contributed by atoms with E-state index in [9.17, 15) is 4.79 Å². The molecule has 2 aliphatic heterocycles. The maximum Gasteiger partial charge on any atom is 0.229 e. The smallest absolute Gasteiger partial charge is 0.229 e. The number of amides is 1. The van der Waals surface area contributed by atoms with E-state index in [2.05, 4.69) is 15.0 Å². The van der Waals surface area contributed by atoms with Crippen LogP contribution in [-0.4, -0.2) is 63.1 Å². The topological polar surface area (TPSA) is 53.7 Å². The highest BCUT2D eigenvalue weighted by atomic mass is 32.2. The molecule has 0 aromatic carbocycles. The van der Waals surface area contributed by atoms with Crippen molar-refractivity contribution in [1.82, 2.24) is 19.5 Å². The van der Waals surface area contributed by atoms with Crippen LogP contribution in [0.25, 0.3) is 5.65 Å². The first-order chi connectivity index (χ1) is 10.3. The molecule has 6 nitrogen and oxygen atoms in total. The third kappa shape index (κ3) is 2.35. The molecule has 0 N–H and O–H groups in total. The molecule has 0 bridgehead atoms. The molecular weight excluding hydrogens is 286 g/mol. The van der Waals surface area contributed by atoms with Crippen molar-refractivity contribution in [3.8, 4) is 0 Å². The number of imidazole rings is 1. The number of carbonyl (C=O) groups is 1. The van der Waals surface area contributed by atoms with Gasteiger partial charge in [-0.3, -0.25) is 4.79 Å². The van der Waals surface area contributed by atoms with E-state index >= 15 is 0 Å². The average Bonchev–Trinajstić information content (AvgIpc) is 2.94. The summed E-state index contributed by atoms with van der Waals surface area (Å²) in [4.78, 5) is 20.7. The standard InChI is InChI=1S/C14H17N5OS/c20-14(17-5-7-21-8-6-17)11-9-18(10-11)13-2-1-12-15-3-4-19(12)16-13/h1-4,11H,5-10H2. The van der Waals surface area contributed by atoms with Gasteiger partial charge in [-0.1, -0.05) is 0 Å². The Labute approximate surface area is 127 Å². The Morgan fingerprint density at radius 2 is 2.05 bits per heavy atom. The predicted octanol–water partition coefficient (Wildman–Crippen LogP) is 0.741. The van der Waals surface area contributed by atoms with Crippen LogP contribution in [0.3, 0.4) is 0 Å². The first kappa shape index (κ1) is 12.9. The lowest BCUT2D eigenvalue weighted by molar-refractivity contribution is -0.135. The third-order valence-electron chi connectivity index (χ3n) is 4.12. The van der Waals surface area contributed by atoms with Crippen LogP contribution in [0.15, 0.2) is 24.5 Å². The number of carbonyl (C=O) groups excluding carboxylic acids is 1. The minimum absolute atomic E-state index is 0.133. The summed E-state index contributed by atoms with van der Waals surface area (Å²) in [6.45, 7) is 3.35. The lowest BCUT2D eigenvalue weighted by Gasteiger charge is -2.41. The lowest BCUT2D eigenvalue weighted by atomic mass is 9.98. The Morgan fingerprint density at radius 3 is 2.86 bits per heavy atom. The van der Waals surface area contributed by atoms with Crippen LogP contribution >= 0.6 is 11.8 Å². The Bertz CT molecular complexity index is 660. The molecule has 21 heavy (non-hydrogen) atoms. The van der Waals surface area contributed by atoms with Gasteiger partial charge in [0.15, 0.2) is 5.65 Å². The minimum atomic E-state index is 0.133. The van der Waals surface area contributed by atoms with E-state index in [1.54, 1.807) is 10.7 Å². The fraction of sp³-hybridized carbons (Fsp3) is 0.500. The van der Waals surface area contributed by atoms with E-state index in [4.69, 9.17) is 0 Å². The summed E-state index contributed by atoms with van der Waals surface area (Å²) in [5, 5.41) is 4.52. The predicted molar refractivity (Wildman–Crippen MR) is 82.6 cm³/mol. The number of hydrogen-bond donors (Lipinski definition) is 0. The second-order valence-electron chi connectivity index (χ2n) is 5.46. The first-order valence-electron chi connectivity index (χ1n) is 7.23. The van der Waals surface area contributed by atoms with Crippen molar-refractivity contribution in [3.63, 3.8) is 0 Å². The summed E-state index contributed by atoms with van der Waals surface area (Å²) >= 11 is 1.93. The van der Waals surface area contributed by atoms with Gasteiger partial charge < -0.3 is 9.80 Å². The fourth-order valence-electron chi connectivity index (χ4n) is 2.84.